The van der Waals surface area contributed by atoms with Gasteiger partial charge in [0.25, 0.3) is 0 Å². The Kier molecular flexibility index (Phi) is 6.08. The second-order valence-electron chi connectivity index (χ2n) is 4.68. The summed E-state index contributed by atoms with van der Waals surface area (Å²) in [5.74, 6) is -0.501. The number of carbonyl (C=O) groups is 1. The molecule has 0 bridgehead atoms. The van der Waals surface area contributed by atoms with Crippen LogP contribution in [-0.2, 0) is 23.1 Å². The van der Waals surface area contributed by atoms with Crippen LogP contribution < -0.4 is 0 Å². The van der Waals surface area contributed by atoms with Gasteiger partial charge in [0, 0.05) is 0 Å². The van der Waals surface area contributed by atoms with Crippen molar-refractivity contribution in [3.8, 4) is 0 Å². The first-order valence-corrected chi connectivity index (χ1v) is 13.0. The maximum atomic E-state index is 13.1. The van der Waals surface area contributed by atoms with Gasteiger partial charge < -0.3 is 0 Å². The van der Waals surface area contributed by atoms with E-state index in [1.54, 1.807) is 6.07 Å². The van der Waals surface area contributed by atoms with Crippen LogP contribution in [0.15, 0.2) is 42.7 Å². The summed E-state index contributed by atoms with van der Waals surface area (Å²) < 4.78 is 69.5. The third kappa shape index (κ3) is 4.51. The van der Waals surface area contributed by atoms with E-state index in [-0.39, 0.29) is 20.1 Å². The number of ether oxygens (including phenoxy) is 1. The van der Waals surface area contributed by atoms with Gasteiger partial charge in [-0.25, -0.2) is 0 Å². The Hall–Kier alpha value is -1.63. The Morgan fingerprint density at radius 2 is 1.88 bits per heavy atom. The Balaban J connectivity index is 2.41. The fourth-order valence-corrected chi connectivity index (χ4v) is 12.0. The number of nitrogens with zero attached hydrogens (tertiary/aromatic N) is 2. The van der Waals surface area contributed by atoms with Gasteiger partial charge in [-0.1, -0.05) is 0 Å². The third-order valence-corrected chi connectivity index (χ3v) is 14.8. The van der Waals surface area contributed by atoms with E-state index in [0.717, 1.165) is 6.20 Å². The minimum atomic E-state index is -5.36. The fourth-order valence-electron chi connectivity index (χ4n) is 1.83. The van der Waals surface area contributed by atoms with Crippen LogP contribution in [0.4, 0.5) is 13.2 Å². The van der Waals surface area contributed by atoms with Crippen molar-refractivity contribution in [3.05, 3.63) is 49.9 Å². The molecule has 1 aromatic heterocycles. The zero-order valence-electron chi connectivity index (χ0n) is 12.9. The van der Waals surface area contributed by atoms with Crippen LogP contribution in [0.25, 0.3) is 0 Å². The van der Waals surface area contributed by atoms with Gasteiger partial charge in [0.05, 0.1) is 0 Å². The van der Waals surface area contributed by atoms with Gasteiger partial charge in [-0.15, -0.1) is 0 Å². The van der Waals surface area contributed by atoms with E-state index in [2.05, 4.69) is 9.84 Å². The molecule has 0 saturated heterocycles. The molecule has 1 aromatic carbocycles. The van der Waals surface area contributed by atoms with Gasteiger partial charge in [0.2, 0.25) is 0 Å². The molecule has 2 rings (SSSR count). The summed E-state index contributed by atoms with van der Waals surface area (Å²) in [6.07, 6.45) is 2.35. The SMILES string of the molecule is COC(=O)CCn1cc(I(c2ccccc2)S(=O)(=O)C(F)(F)F)cn1. The molecule has 0 saturated carbocycles. The van der Waals surface area contributed by atoms with Crippen LogP contribution >= 0.6 is 18.4 Å². The Morgan fingerprint density at radius 3 is 2.44 bits per heavy atom. The van der Waals surface area contributed by atoms with Crippen molar-refractivity contribution in [1.82, 2.24) is 9.78 Å². The molecule has 11 heteroatoms. The van der Waals surface area contributed by atoms with Crippen molar-refractivity contribution in [2.24, 2.45) is 0 Å². The molecule has 0 amide bonds. The number of aromatic nitrogens is 2. The van der Waals surface area contributed by atoms with Crippen LogP contribution in [0, 0.1) is 7.14 Å². The van der Waals surface area contributed by atoms with Crippen LogP contribution in [0.3, 0.4) is 0 Å². The standard InChI is InChI=1S/C14H14F3IN2O4S/c1-24-13(21)7-8-20-10-12(9-19-20)18(11-5-3-2-4-6-11)25(22,23)14(15,16)17/h2-6,9-10H,7-8H2,1H3. The molecule has 6 nitrogen and oxygen atoms in total. The summed E-state index contributed by atoms with van der Waals surface area (Å²) in [4.78, 5) is 11.1. The van der Waals surface area contributed by atoms with Gasteiger partial charge in [-0.05, 0) is 0 Å². The van der Waals surface area contributed by atoms with Crippen molar-refractivity contribution in [2.75, 3.05) is 7.11 Å². The van der Waals surface area contributed by atoms with Crippen molar-refractivity contribution >= 4 is 31.4 Å². The topological polar surface area (TPSA) is 78.3 Å². The molecular formula is C14H14F3IN2O4S. The summed E-state index contributed by atoms with van der Waals surface area (Å²) in [5.41, 5.74) is -5.35. The average Bonchev–Trinajstić information content (AvgIpc) is 3.01. The molecule has 0 atom stereocenters. The molecule has 0 radical (unpaired) electrons. The summed E-state index contributed by atoms with van der Waals surface area (Å²) in [7, 11) is -4.14. The summed E-state index contributed by atoms with van der Waals surface area (Å²) in [5, 5.41) is 3.88. The molecule has 1 heterocycles. The summed E-state index contributed by atoms with van der Waals surface area (Å²) >= 11 is -3.90. The fraction of sp³-hybridized carbons (Fsp3) is 0.286. The van der Waals surface area contributed by atoms with Gasteiger partial charge in [-0.3, -0.25) is 0 Å². The van der Waals surface area contributed by atoms with Gasteiger partial charge >= 0.3 is 148 Å². The number of methoxy groups -OCH3 is 1. The van der Waals surface area contributed by atoms with E-state index in [1.165, 1.54) is 42.3 Å². The number of carbonyl (C=O) groups excluding carboxylic acids is 1. The molecule has 0 fully saturated rings. The van der Waals surface area contributed by atoms with E-state index in [1.807, 2.05) is 0 Å². The Bertz CT molecular complexity index is 837. The van der Waals surface area contributed by atoms with Gasteiger partial charge in [0.15, 0.2) is 0 Å². The second kappa shape index (κ2) is 7.72. The van der Waals surface area contributed by atoms with Crippen molar-refractivity contribution in [1.29, 1.82) is 0 Å². The van der Waals surface area contributed by atoms with Crippen molar-refractivity contribution < 1.29 is 31.1 Å². The molecule has 0 spiro atoms. The number of halogens is 4. The predicted molar refractivity (Wildman–Crippen MR) is 91.7 cm³/mol. The molecule has 0 aliphatic heterocycles. The number of rotatable bonds is 6. The first kappa shape index (κ1) is 19.7. The molecule has 2 aromatic rings. The Morgan fingerprint density at radius 1 is 1.24 bits per heavy atom. The number of hydrogen-bond acceptors (Lipinski definition) is 5. The summed E-state index contributed by atoms with van der Waals surface area (Å²) in [6.45, 7) is 0.0809. The van der Waals surface area contributed by atoms with E-state index in [9.17, 15) is 26.4 Å². The van der Waals surface area contributed by atoms with Crippen LogP contribution in [-0.4, -0.2) is 36.8 Å². The zero-order chi connectivity index (χ0) is 18.7. The Labute approximate surface area is 147 Å². The molecule has 0 aliphatic rings. The van der Waals surface area contributed by atoms with Gasteiger partial charge in [-0.2, -0.15) is 0 Å². The van der Waals surface area contributed by atoms with Crippen LogP contribution in [0.1, 0.15) is 6.42 Å². The molecule has 0 unspecified atom stereocenters. The van der Waals surface area contributed by atoms with E-state index < -0.39 is 36.9 Å². The van der Waals surface area contributed by atoms with Crippen molar-refractivity contribution in [3.63, 3.8) is 0 Å². The van der Waals surface area contributed by atoms with Crippen LogP contribution in [0.5, 0.6) is 0 Å². The first-order valence-electron chi connectivity index (χ1n) is 6.83. The number of aryl methyl sites for hydroxylation is 1. The monoisotopic (exact) mass is 490 g/mol. The second-order valence-corrected chi connectivity index (χ2v) is 15.5. The van der Waals surface area contributed by atoms with Crippen molar-refractivity contribution in [2.45, 2.75) is 18.5 Å². The molecule has 0 aliphatic carbocycles. The molecule has 138 valence electrons. The number of alkyl halides is 3. The molecule has 25 heavy (non-hydrogen) atoms. The van der Waals surface area contributed by atoms with E-state index in [0.29, 0.717) is 0 Å². The summed E-state index contributed by atoms with van der Waals surface area (Å²) in [6, 6.07) is 7.33. The normalized spacial score (nSPS) is 12.7. The van der Waals surface area contributed by atoms with Crippen LogP contribution in [0.2, 0.25) is 0 Å². The first-order chi connectivity index (χ1) is 11.7. The average molecular weight is 490 g/mol. The molecule has 0 N–H and O–H groups in total. The number of hydrogen-bond donors (Lipinski definition) is 0. The third-order valence-electron chi connectivity index (χ3n) is 2.98. The number of esters is 1. The zero-order valence-corrected chi connectivity index (χ0v) is 15.9. The van der Waals surface area contributed by atoms with Gasteiger partial charge in [0.1, 0.15) is 0 Å². The van der Waals surface area contributed by atoms with E-state index in [4.69, 9.17) is 0 Å². The maximum absolute atomic E-state index is 13.1. The predicted octanol–water partition coefficient (Wildman–Crippen LogP) is 2.84. The van der Waals surface area contributed by atoms with E-state index >= 15 is 0 Å². The molecular weight excluding hydrogens is 476 g/mol. The minimum absolute atomic E-state index is 0.0246. The quantitative estimate of drug-likeness (QED) is 0.354. The number of benzene rings is 1.